The van der Waals surface area contributed by atoms with Crippen LogP contribution in [0.1, 0.15) is 34.2 Å². The summed E-state index contributed by atoms with van der Waals surface area (Å²) in [4.78, 5) is 11.9. The highest BCUT2D eigenvalue weighted by molar-refractivity contribution is 8.76. The molecule has 1 aromatic carbocycles. The van der Waals surface area contributed by atoms with Crippen LogP contribution >= 0.6 is 21.6 Å². The lowest BCUT2D eigenvalue weighted by Crippen LogP contribution is -1.94. The predicted molar refractivity (Wildman–Crippen MR) is 81.4 cm³/mol. The average Bonchev–Trinajstić information content (AvgIpc) is 2.37. The molecular formula is C13H23NOS2. The first-order valence-electron chi connectivity index (χ1n) is 5.80. The van der Waals surface area contributed by atoms with E-state index in [2.05, 4.69) is 12.1 Å². The summed E-state index contributed by atoms with van der Waals surface area (Å²) in [7, 11) is 3.42. The van der Waals surface area contributed by atoms with Crippen LogP contribution in [-0.4, -0.2) is 11.5 Å². The fourth-order valence-corrected chi connectivity index (χ4v) is 3.06. The fourth-order valence-electron chi connectivity index (χ4n) is 0.976. The van der Waals surface area contributed by atoms with Crippen LogP contribution in [0.2, 0.25) is 0 Å². The molecule has 1 aromatic rings. The zero-order valence-corrected chi connectivity index (χ0v) is 12.4. The summed E-state index contributed by atoms with van der Waals surface area (Å²) in [5.41, 5.74) is 6.65. The van der Waals surface area contributed by atoms with Crippen molar-refractivity contribution >= 4 is 27.4 Å². The Morgan fingerprint density at radius 3 is 2.35 bits per heavy atom. The van der Waals surface area contributed by atoms with Gasteiger partial charge in [0.2, 0.25) is 0 Å². The van der Waals surface area contributed by atoms with E-state index >= 15 is 0 Å². The van der Waals surface area contributed by atoms with Crippen LogP contribution < -0.4 is 5.73 Å². The van der Waals surface area contributed by atoms with Gasteiger partial charge in [0.15, 0.2) is 0 Å². The van der Waals surface area contributed by atoms with Gasteiger partial charge in [0.05, 0.1) is 0 Å². The average molecular weight is 273 g/mol. The predicted octanol–water partition coefficient (Wildman–Crippen LogP) is 4.14. The number of Topliss-reactive ketones (excluding diaryl/α,β-unsaturated/α-hetero) is 1. The number of carbonyl (C=O) groups excluding carboxylic acids is 1. The summed E-state index contributed by atoms with van der Waals surface area (Å²) in [5, 5.41) is 0. The van der Waals surface area contributed by atoms with E-state index in [9.17, 15) is 4.79 Å². The molecule has 98 valence electrons. The molecule has 0 aliphatic heterocycles. The van der Waals surface area contributed by atoms with Crippen molar-refractivity contribution in [3.05, 3.63) is 29.8 Å². The highest BCUT2D eigenvalue weighted by Gasteiger charge is 1.97. The van der Waals surface area contributed by atoms with Crippen LogP contribution in [0.25, 0.3) is 0 Å². The molecule has 0 aliphatic carbocycles. The lowest BCUT2D eigenvalue weighted by Gasteiger charge is -2.01. The smallest absolute Gasteiger partial charge is 0.130 e. The van der Waals surface area contributed by atoms with Gasteiger partial charge in [-0.3, -0.25) is 4.79 Å². The molecule has 1 rings (SSSR count). The minimum Gasteiger partial charge on any atom is -0.326 e. The summed E-state index contributed by atoms with van der Waals surface area (Å²) in [6.45, 7) is 6.21. The van der Waals surface area contributed by atoms with E-state index in [1.165, 1.54) is 4.90 Å². The summed E-state index contributed by atoms with van der Waals surface area (Å²) in [6.07, 6.45) is 0.651. The standard InChI is InChI=1S/C11H15NOS2.C2H6.H2/c1-9(13)6-7-14-15-11-4-2-10(8-12)3-5-11;1-2;/h2-5H,6-8,12H2,1H3;1-2H3;1H. The maximum absolute atomic E-state index is 10.7. The van der Waals surface area contributed by atoms with Crippen molar-refractivity contribution in [2.24, 2.45) is 5.73 Å². The van der Waals surface area contributed by atoms with Gasteiger partial charge in [-0.05, 0) is 24.6 Å². The largest absolute Gasteiger partial charge is 0.326 e. The van der Waals surface area contributed by atoms with Crippen LogP contribution in [0.15, 0.2) is 29.2 Å². The van der Waals surface area contributed by atoms with E-state index in [4.69, 9.17) is 5.73 Å². The number of hydrogen-bond donors (Lipinski definition) is 1. The van der Waals surface area contributed by atoms with Gasteiger partial charge in [-0.25, -0.2) is 0 Å². The monoisotopic (exact) mass is 273 g/mol. The normalized spacial score (nSPS) is 9.41. The van der Waals surface area contributed by atoms with Gasteiger partial charge in [-0.1, -0.05) is 47.6 Å². The Hall–Kier alpha value is -0.450. The summed E-state index contributed by atoms with van der Waals surface area (Å²) < 4.78 is 0. The van der Waals surface area contributed by atoms with E-state index in [1.807, 2.05) is 26.0 Å². The van der Waals surface area contributed by atoms with Gasteiger partial charge in [-0.2, -0.15) is 0 Å². The van der Waals surface area contributed by atoms with Crippen molar-refractivity contribution in [3.8, 4) is 0 Å². The Balaban J connectivity index is 0. The molecule has 0 unspecified atom stereocenters. The van der Waals surface area contributed by atoms with Crippen molar-refractivity contribution < 1.29 is 6.22 Å². The number of carbonyl (C=O) groups is 1. The van der Waals surface area contributed by atoms with Gasteiger partial charge in [0.25, 0.3) is 0 Å². The molecule has 2 nitrogen and oxygen atoms in total. The summed E-state index contributed by atoms with van der Waals surface area (Å²) >= 11 is 0. The third-order valence-corrected chi connectivity index (χ3v) is 4.24. The number of ketones is 1. The molecule has 0 aliphatic rings. The second kappa shape index (κ2) is 10.7. The SMILES string of the molecule is CC.CC(=O)CCSSc1ccc(CN)cc1.[HH]. The molecule has 0 heterocycles. The van der Waals surface area contributed by atoms with E-state index < -0.39 is 0 Å². The molecule has 0 spiro atoms. The molecule has 0 saturated heterocycles. The molecule has 0 aromatic heterocycles. The number of hydrogen-bond acceptors (Lipinski definition) is 4. The minimum absolute atomic E-state index is 0. The van der Waals surface area contributed by atoms with Crippen molar-refractivity contribution in [3.63, 3.8) is 0 Å². The van der Waals surface area contributed by atoms with Crippen LogP contribution in [0.5, 0.6) is 0 Å². The van der Waals surface area contributed by atoms with Crippen molar-refractivity contribution in [1.29, 1.82) is 0 Å². The molecule has 0 saturated carbocycles. The van der Waals surface area contributed by atoms with Gasteiger partial charge < -0.3 is 5.73 Å². The number of nitrogens with two attached hydrogens (primary N) is 1. The summed E-state index contributed by atoms with van der Waals surface area (Å²) in [5.74, 6) is 1.13. The van der Waals surface area contributed by atoms with Gasteiger partial charge in [0.1, 0.15) is 5.78 Å². The summed E-state index contributed by atoms with van der Waals surface area (Å²) in [6, 6.07) is 8.20. The van der Waals surface area contributed by atoms with Gasteiger partial charge >= 0.3 is 0 Å². The van der Waals surface area contributed by atoms with Gasteiger partial charge in [-0.15, -0.1) is 0 Å². The fraction of sp³-hybridized carbons (Fsp3) is 0.462. The first-order valence-corrected chi connectivity index (χ1v) is 8.12. The maximum Gasteiger partial charge on any atom is 0.130 e. The molecule has 17 heavy (non-hydrogen) atoms. The molecule has 4 heteroatoms. The van der Waals surface area contributed by atoms with E-state index in [0.29, 0.717) is 13.0 Å². The molecule has 0 bridgehead atoms. The zero-order valence-electron chi connectivity index (χ0n) is 10.7. The Kier molecular flexibility index (Phi) is 10.4. The van der Waals surface area contributed by atoms with E-state index in [0.717, 1.165) is 11.3 Å². The van der Waals surface area contributed by atoms with Crippen molar-refractivity contribution in [1.82, 2.24) is 0 Å². The highest BCUT2D eigenvalue weighted by Crippen LogP contribution is 2.31. The number of rotatable bonds is 6. The molecule has 0 atom stereocenters. The zero-order chi connectivity index (χ0) is 13.1. The van der Waals surface area contributed by atoms with Crippen LogP contribution in [-0.2, 0) is 11.3 Å². The lowest BCUT2D eigenvalue weighted by atomic mass is 10.2. The van der Waals surface area contributed by atoms with Crippen molar-refractivity contribution in [2.45, 2.75) is 38.6 Å². The Bertz CT molecular complexity index is 317. The maximum atomic E-state index is 10.7. The quantitative estimate of drug-likeness (QED) is 0.625. The number of benzene rings is 1. The highest BCUT2D eigenvalue weighted by atomic mass is 33.1. The topological polar surface area (TPSA) is 43.1 Å². The Morgan fingerprint density at radius 2 is 1.88 bits per heavy atom. The van der Waals surface area contributed by atoms with Crippen molar-refractivity contribution in [2.75, 3.05) is 5.75 Å². The van der Waals surface area contributed by atoms with Crippen LogP contribution in [0.3, 0.4) is 0 Å². The second-order valence-electron chi connectivity index (χ2n) is 3.21. The van der Waals surface area contributed by atoms with Crippen LogP contribution in [0, 0.1) is 0 Å². The van der Waals surface area contributed by atoms with Gasteiger partial charge in [0, 0.05) is 25.0 Å². The third-order valence-electron chi connectivity index (χ3n) is 1.85. The molecule has 2 N–H and O–H groups in total. The van der Waals surface area contributed by atoms with Crippen LogP contribution in [0.4, 0.5) is 0 Å². The molecule has 0 amide bonds. The molecular weight excluding hydrogens is 250 g/mol. The van der Waals surface area contributed by atoms with E-state index in [-0.39, 0.29) is 7.21 Å². The first-order chi connectivity index (χ1) is 8.22. The Morgan fingerprint density at radius 1 is 1.29 bits per heavy atom. The molecule has 0 radical (unpaired) electrons. The third kappa shape index (κ3) is 8.30. The first kappa shape index (κ1) is 16.6. The van der Waals surface area contributed by atoms with E-state index in [1.54, 1.807) is 28.5 Å². The lowest BCUT2D eigenvalue weighted by molar-refractivity contribution is -0.116. The Labute approximate surface area is 114 Å². The molecule has 0 fully saturated rings. The minimum atomic E-state index is 0. The second-order valence-corrected chi connectivity index (χ2v) is 5.69.